The number of hydrogen-bond acceptors (Lipinski definition) is 1. The van der Waals surface area contributed by atoms with Crippen LogP contribution in [0.25, 0.3) is 32.4 Å². The summed E-state index contributed by atoms with van der Waals surface area (Å²) < 4.78 is 0. The maximum absolute atomic E-state index is 4.31. The highest BCUT2D eigenvalue weighted by Gasteiger charge is 2.07. The molecule has 1 aromatic heterocycles. The first-order chi connectivity index (χ1) is 7.93. The molecule has 0 fully saturated rings. The van der Waals surface area contributed by atoms with Crippen LogP contribution in [0.3, 0.4) is 0 Å². The molecule has 4 rings (SSSR count). The molecule has 0 aliphatic carbocycles. The molecule has 0 N–H and O–H groups in total. The molecule has 1 nitrogen and oxygen atoms in total. The van der Waals surface area contributed by atoms with Crippen molar-refractivity contribution in [3.63, 3.8) is 0 Å². The van der Waals surface area contributed by atoms with Crippen LogP contribution in [-0.2, 0) is 0 Å². The van der Waals surface area contributed by atoms with E-state index in [0.717, 1.165) is 5.52 Å². The van der Waals surface area contributed by atoms with Crippen molar-refractivity contribution >= 4 is 32.4 Å². The van der Waals surface area contributed by atoms with E-state index in [-0.39, 0.29) is 0 Å². The Kier molecular flexibility index (Phi) is 1.36. The monoisotopic (exact) mass is 202 g/mol. The lowest BCUT2D eigenvalue weighted by Crippen LogP contribution is -1.85. The van der Waals surface area contributed by atoms with Crippen LogP contribution in [0.2, 0.25) is 0 Å². The van der Waals surface area contributed by atoms with E-state index in [1.54, 1.807) is 0 Å². The second-order valence-electron chi connectivity index (χ2n) is 4.08. The molecule has 0 unspecified atom stereocenters. The van der Waals surface area contributed by atoms with Gasteiger partial charge in [-0.2, -0.15) is 0 Å². The summed E-state index contributed by atoms with van der Waals surface area (Å²) in [7, 11) is 0. The Balaban J connectivity index is 2.51. The summed E-state index contributed by atoms with van der Waals surface area (Å²) in [6, 6.07) is 16.9. The van der Waals surface area contributed by atoms with Crippen molar-refractivity contribution in [1.82, 2.24) is 4.98 Å². The summed E-state index contributed by atoms with van der Waals surface area (Å²) >= 11 is 0. The average molecular weight is 202 g/mol. The van der Waals surface area contributed by atoms with Gasteiger partial charge in [-0.3, -0.25) is 0 Å². The molecule has 0 saturated heterocycles. The minimum absolute atomic E-state index is 1.03. The highest BCUT2D eigenvalue weighted by atomic mass is 14.6. The molecule has 0 atom stereocenters. The molecule has 0 saturated carbocycles. The first kappa shape index (κ1) is 8.05. The zero-order valence-corrected chi connectivity index (χ0v) is 8.57. The molecule has 0 aliphatic rings. The van der Waals surface area contributed by atoms with Crippen LogP contribution in [0.4, 0.5) is 0 Å². The number of hydrogen-bond donors (Lipinski definition) is 0. The van der Waals surface area contributed by atoms with E-state index in [1.807, 2.05) is 6.07 Å². The van der Waals surface area contributed by atoms with Crippen molar-refractivity contribution in [3.8, 4) is 0 Å². The summed E-state index contributed by atoms with van der Waals surface area (Å²) in [6.45, 7) is 0. The third-order valence-corrected chi connectivity index (χ3v) is 3.19. The van der Waals surface area contributed by atoms with E-state index >= 15 is 0 Å². The van der Waals surface area contributed by atoms with Gasteiger partial charge in [0, 0.05) is 5.39 Å². The predicted octanol–water partition coefficient (Wildman–Crippen LogP) is 3.78. The second kappa shape index (κ2) is 2.70. The Bertz CT molecular complexity index is 672. The molecule has 3 aromatic carbocycles. The molecule has 4 aromatic rings. The number of pyridine rings is 1. The fourth-order valence-corrected chi connectivity index (χ4v) is 2.48. The van der Waals surface area contributed by atoms with Gasteiger partial charge < -0.3 is 0 Å². The maximum Gasteiger partial charge on any atom is 0.0900 e. The van der Waals surface area contributed by atoms with Gasteiger partial charge >= 0.3 is 0 Å². The van der Waals surface area contributed by atoms with Gasteiger partial charge in [0.05, 0.1) is 11.7 Å². The van der Waals surface area contributed by atoms with Crippen molar-refractivity contribution in [2.24, 2.45) is 0 Å². The van der Waals surface area contributed by atoms with Gasteiger partial charge in [0.1, 0.15) is 0 Å². The van der Waals surface area contributed by atoms with Crippen molar-refractivity contribution in [2.45, 2.75) is 0 Å². The van der Waals surface area contributed by atoms with Crippen molar-refractivity contribution in [1.29, 1.82) is 0 Å². The molecule has 1 heterocycles. The number of nitrogens with zero attached hydrogens (tertiary/aromatic N) is 1. The Morgan fingerprint density at radius 2 is 1.50 bits per heavy atom. The molecule has 16 heavy (non-hydrogen) atoms. The Labute approximate surface area is 92.7 Å². The van der Waals surface area contributed by atoms with E-state index in [1.165, 1.54) is 26.9 Å². The normalized spacial score (nSPS) is 11.8. The van der Waals surface area contributed by atoms with E-state index < -0.39 is 0 Å². The van der Waals surface area contributed by atoms with Crippen LogP contribution < -0.4 is 0 Å². The van der Waals surface area contributed by atoms with Gasteiger partial charge in [0.2, 0.25) is 0 Å². The first-order valence-corrected chi connectivity index (χ1v) is 5.34. The van der Waals surface area contributed by atoms with E-state index in [2.05, 4.69) is 53.6 Å². The third kappa shape index (κ3) is 0.878. The second-order valence-corrected chi connectivity index (χ2v) is 4.08. The number of aromatic nitrogens is 1. The van der Waals surface area contributed by atoms with Gasteiger partial charge in [-0.15, -0.1) is 0 Å². The standard InChI is InChI=1S/C15H8N/c1-2-10-4-5-12-8-9-16-13-7-6-11(3-1)14(10)15(12)13/h1-8H. The van der Waals surface area contributed by atoms with Crippen LogP contribution in [0.5, 0.6) is 0 Å². The van der Waals surface area contributed by atoms with Crippen LogP contribution in [-0.4, -0.2) is 4.98 Å². The third-order valence-electron chi connectivity index (χ3n) is 3.19. The smallest absolute Gasteiger partial charge is 0.0900 e. The lowest BCUT2D eigenvalue weighted by Gasteiger charge is -2.08. The number of benzene rings is 3. The average Bonchev–Trinajstić information content (AvgIpc) is 2.36. The van der Waals surface area contributed by atoms with Crippen molar-refractivity contribution in [2.75, 3.05) is 0 Å². The molecule has 0 spiro atoms. The lowest BCUT2D eigenvalue weighted by atomic mass is 9.97. The molecule has 1 radical (unpaired) electrons. The Hall–Kier alpha value is -2.15. The van der Waals surface area contributed by atoms with E-state index in [9.17, 15) is 0 Å². The first-order valence-electron chi connectivity index (χ1n) is 5.34. The van der Waals surface area contributed by atoms with Crippen LogP contribution in [0.1, 0.15) is 0 Å². The quantitative estimate of drug-likeness (QED) is 0.395. The van der Waals surface area contributed by atoms with E-state index in [0.29, 0.717) is 0 Å². The molecular weight excluding hydrogens is 194 g/mol. The van der Waals surface area contributed by atoms with Gasteiger partial charge in [0.15, 0.2) is 0 Å². The predicted molar refractivity (Wildman–Crippen MR) is 66.8 cm³/mol. The molecule has 73 valence electrons. The summed E-state index contributed by atoms with van der Waals surface area (Å²) in [5, 5.41) is 6.36. The van der Waals surface area contributed by atoms with E-state index in [4.69, 9.17) is 0 Å². The summed E-state index contributed by atoms with van der Waals surface area (Å²) in [5.41, 5.74) is 1.03. The maximum atomic E-state index is 4.31. The Morgan fingerprint density at radius 3 is 2.38 bits per heavy atom. The van der Waals surface area contributed by atoms with Crippen LogP contribution in [0, 0.1) is 6.20 Å². The summed E-state index contributed by atoms with van der Waals surface area (Å²) in [6.07, 6.45) is 2.95. The van der Waals surface area contributed by atoms with Gasteiger partial charge in [-0.25, -0.2) is 4.98 Å². The fourth-order valence-electron chi connectivity index (χ4n) is 2.48. The zero-order valence-electron chi connectivity index (χ0n) is 8.57. The fraction of sp³-hybridized carbons (Fsp3) is 0. The zero-order chi connectivity index (χ0) is 10.5. The minimum atomic E-state index is 1.03. The molecule has 0 aliphatic heterocycles. The van der Waals surface area contributed by atoms with Crippen LogP contribution in [0.15, 0.2) is 48.5 Å². The molecule has 0 bridgehead atoms. The molecular formula is C15H8N. The number of rotatable bonds is 0. The van der Waals surface area contributed by atoms with Crippen molar-refractivity contribution in [3.05, 3.63) is 54.7 Å². The summed E-state index contributed by atoms with van der Waals surface area (Å²) in [4.78, 5) is 4.31. The van der Waals surface area contributed by atoms with Gasteiger partial charge in [-0.1, -0.05) is 36.4 Å². The Morgan fingerprint density at radius 1 is 0.750 bits per heavy atom. The molecule has 0 amide bonds. The largest absolute Gasteiger partial charge is 0.246 e. The van der Waals surface area contributed by atoms with Gasteiger partial charge in [-0.05, 0) is 33.7 Å². The molecule has 1 heteroatoms. The lowest BCUT2D eigenvalue weighted by molar-refractivity contribution is 1.41. The van der Waals surface area contributed by atoms with Crippen LogP contribution >= 0.6 is 0 Å². The minimum Gasteiger partial charge on any atom is -0.246 e. The highest BCUT2D eigenvalue weighted by Crippen LogP contribution is 2.32. The summed E-state index contributed by atoms with van der Waals surface area (Å²) in [5.74, 6) is 0. The van der Waals surface area contributed by atoms with Crippen molar-refractivity contribution < 1.29 is 0 Å². The van der Waals surface area contributed by atoms with Gasteiger partial charge in [0.25, 0.3) is 0 Å². The SMILES string of the molecule is [c]1cc2ccc3cccc4ccc(n1)c2c34. The highest BCUT2D eigenvalue weighted by molar-refractivity contribution is 6.21. The topological polar surface area (TPSA) is 12.9 Å².